The number of rotatable bonds is 2. The van der Waals surface area contributed by atoms with Crippen LogP contribution in [0.5, 0.6) is 0 Å². The van der Waals surface area contributed by atoms with Crippen LogP contribution < -0.4 is 0 Å². The number of para-hydroxylation sites is 1. The van der Waals surface area contributed by atoms with Crippen molar-refractivity contribution < 1.29 is 9.53 Å². The van der Waals surface area contributed by atoms with Crippen molar-refractivity contribution in [2.75, 3.05) is 13.1 Å². The molecule has 0 saturated carbocycles. The van der Waals surface area contributed by atoms with Crippen LogP contribution in [0.25, 0.3) is 5.69 Å². The highest BCUT2D eigenvalue weighted by molar-refractivity contribution is 5.68. The molecule has 0 radical (unpaired) electrons. The molecule has 1 saturated heterocycles. The second-order valence-corrected chi connectivity index (χ2v) is 7.51. The fourth-order valence-electron chi connectivity index (χ4n) is 3.10. The molecule has 6 heteroatoms. The molecule has 1 amide bonds. The number of carbonyl (C=O) groups excluding carboxylic acids is 1. The average Bonchev–Trinajstić information content (AvgIpc) is 2.96. The fourth-order valence-corrected chi connectivity index (χ4v) is 3.10. The first kappa shape index (κ1) is 17.5. The van der Waals surface area contributed by atoms with Gasteiger partial charge in [-0.15, -0.1) is 0 Å². The summed E-state index contributed by atoms with van der Waals surface area (Å²) >= 11 is 0. The number of amides is 1. The summed E-state index contributed by atoms with van der Waals surface area (Å²) in [6, 6.07) is 10.1. The number of aromatic nitrogens is 3. The summed E-state index contributed by atoms with van der Waals surface area (Å²) in [6.07, 6.45) is 1.50. The van der Waals surface area contributed by atoms with Gasteiger partial charge in [-0.1, -0.05) is 18.2 Å². The van der Waals surface area contributed by atoms with Gasteiger partial charge in [-0.3, -0.25) is 0 Å². The van der Waals surface area contributed by atoms with Crippen LogP contribution in [-0.2, 0) is 4.74 Å². The molecular weight excluding hydrogens is 316 g/mol. The summed E-state index contributed by atoms with van der Waals surface area (Å²) in [6.45, 7) is 8.95. The van der Waals surface area contributed by atoms with Crippen LogP contribution in [0.1, 0.15) is 51.2 Å². The molecule has 2 aromatic rings. The zero-order chi connectivity index (χ0) is 18.0. The SMILES string of the molecule is Cc1nc(C2CCN(C(=O)OC(C)(C)C)CC2)n(-c2ccccc2)n1. The van der Waals surface area contributed by atoms with Crippen LogP contribution in [0, 0.1) is 6.92 Å². The zero-order valence-electron chi connectivity index (χ0n) is 15.4. The highest BCUT2D eigenvalue weighted by Gasteiger charge is 2.30. The topological polar surface area (TPSA) is 60.3 Å². The van der Waals surface area contributed by atoms with E-state index in [0.717, 1.165) is 30.2 Å². The van der Waals surface area contributed by atoms with Crippen molar-refractivity contribution >= 4 is 6.09 Å². The minimum Gasteiger partial charge on any atom is -0.444 e. The van der Waals surface area contributed by atoms with Crippen molar-refractivity contribution in [3.05, 3.63) is 42.0 Å². The van der Waals surface area contributed by atoms with Gasteiger partial charge in [0.1, 0.15) is 17.2 Å². The van der Waals surface area contributed by atoms with Crippen molar-refractivity contribution in [3.63, 3.8) is 0 Å². The average molecular weight is 342 g/mol. The van der Waals surface area contributed by atoms with Gasteiger partial charge >= 0.3 is 6.09 Å². The van der Waals surface area contributed by atoms with E-state index < -0.39 is 5.60 Å². The minimum absolute atomic E-state index is 0.230. The Balaban J connectivity index is 1.71. The lowest BCUT2D eigenvalue weighted by atomic mass is 9.96. The molecule has 2 heterocycles. The number of carbonyl (C=O) groups is 1. The van der Waals surface area contributed by atoms with E-state index in [4.69, 9.17) is 4.74 Å². The Kier molecular flexibility index (Phi) is 4.79. The first-order valence-corrected chi connectivity index (χ1v) is 8.80. The van der Waals surface area contributed by atoms with E-state index in [1.807, 2.05) is 62.7 Å². The lowest BCUT2D eigenvalue weighted by molar-refractivity contribution is 0.0202. The van der Waals surface area contributed by atoms with Gasteiger partial charge in [0.05, 0.1) is 5.69 Å². The van der Waals surface area contributed by atoms with E-state index in [9.17, 15) is 4.79 Å². The molecule has 1 aliphatic rings. The standard InChI is InChI=1S/C19H26N4O2/c1-14-20-17(23(21-14)16-8-6-5-7-9-16)15-10-12-22(13-11-15)18(24)25-19(2,3)4/h5-9,15H,10-13H2,1-4H3. The number of ether oxygens (including phenoxy) is 1. The van der Waals surface area contributed by atoms with Crippen molar-refractivity contribution in [1.29, 1.82) is 0 Å². The molecule has 0 N–H and O–H groups in total. The van der Waals surface area contributed by atoms with Crippen LogP contribution in [0.2, 0.25) is 0 Å². The van der Waals surface area contributed by atoms with E-state index in [2.05, 4.69) is 10.1 Å². The third-order valence-electron chi connectivity index (χ3n) is 4.25. The van der Waals surface area contributed by atoms with Gasteiger partial charge in [-0.05, 0) is 52.7 Å². The van der Waals surface area contributed by atoms with Gasteiger partial charge in [0, 0.05) is 19.0 Å². The number of hydrogen-bond acceptors (Lipinski definition) is 4. The second-order valence-electron chi connectivity index (χ2n) is 7.51. The third kappa shape index (κ3) is 4.18. The van der Waals surface area contributed by atoms with Gasteiger partial charge in [-0.2, -0.15) is 5.10 Å². The maximum Gasteiger partial charge on any atom is 0.410 e. The van der Waals surface area contributed by atoms with Crippen LogP contribution in [0.3, 0.4) is 0 Å². The summed E-state index contributed by atoms with van der Waals surface area (Å²) in [5.74, 6) is 2.04. The smallest absolute Gasteiger partial charge is 0.410 e. The maximum atomic E-state index is 12.2. The molecule has 0 atom stereocenters. The highest BCUT2D eigenvalue weighted by Crippen LogP contribution is 2.29. The van der Waals surface area contributed by atoms with Crippen molar-refractivity contribution in [1.82, 2.24) is 19.7 Å². The Morgan fingerprint density at radius 1 is 1.16 bits per heavy atom. The maximum absolute atomic E-state index is 12.2. The van der Waals surface area contributed by atoms with E-state index in [0.29, 0.717) is 19.0 Å². The molecule has 0 bridgehead atoms. The van der Waals surface area contributed by atoms with Crippen molar-refractivity contribution in [3.8, 4) is 5.69 Å². The van der Waals surface area contributed by atoms with Crippen molar-refractivity contribution in [2.24, 2.45) is 0 Å². The number of nitrogens with zero attached hydrogens (tertiary/aromatic N) is 4. The number of aryl methyl sites for hydroxylation is 1. The Morgan fingerprint density at radius 2 is 1.80 bits per heavy atom. The molecule has 25 heavy (non-hydrogen) atoms. The highest BCUT2D eigenvalue weighted by atomic mass is 16.6. The van der Waals surface area contributed by atoms with Crippen molar-refractivity contribution in [2.45, 2.75) is 52.1 Å². The Morgan fingerprint density at radius 3 is 2.40 bits per heavy atom. The number of piperidine rings is 1. The third-order valence-corrected chi connectivity index (χ3v) is 4.25. The molecule has 1 aromatic heterocycles. The predicted molar refractivity (Wildman–Crippen MR) is 95.9 cm³/mol. The van der Waals surface area contributed by atoms with Crippen LogP contribution >= 0.6 is 0 Å². The van der Waals surface area contributed by atoms with Gasteiger partial charge in [-0.25, -0.2) is 14.5 Å². The quantitative estimate of drug-likeness (QED) is 0.835. The molecular formula is C19H26N4O2. The fraction of sp³-hybridized carbons (Fsp3) is 0.526. The first-order chi connectivity index (χ1) is 11.8. The largest absolute Gasteiger partial charge is 0.444 e. The summed E-state index contributed by atoms with van der Waals surface area (Å²) in [7, 11) is 0. The number of benzene rings is 1. The van der Waals surface area contributed by atoms with Gasteiger partial charge in [0.15, 0.2) is 0 Å². The molecule has 0 aliphatic carbocycles. The summed E-state index contributed by atoms with van der Waals surface area (Å²) in [5.41, 5.74) is 0.561. The predicted octanol–water partition coefficient (Wildman–Crippen LogP) is 3.69. The lowest BCUT2D eigenvalue weighted by Gasteiger charge is -2.33. The molecule has 1 aliphatic heterocycles. The normalized spacial score (nSPS) is 16.1. The molecule has 0 spiro atoms. The van der Waals surface area contributed by atoms with Crippen LogP contribution in [0.4, 0.5) is 4.79 Å². The van der Waals surface area contributed by atoms with Crippen LogP contribution in [0.15, 0.2) is 30.3 Å². The van der Waals surface area contributed by atoms with Gasteiger partial charge < -0.3 is 9.64 Å². The molecule has 1 aromatic carbocycles. The lowest BCUT2D eigenvalue weighted by Crippen LogP contribution is -2.41. The molecule has 134 valence electrons. The monoisotopic (exact) mass is 342 g/mol. The van der Waals surface area contributed by atoms with E-state index in [-0.39, 0.29) is 6.09 Å². The van der Waals surface area contributed by atoms with Crippen LogP contribution in [-0.4, -0.2) is 44.4 Å². The molecule has 0 unspecified atom stereocenters. The van der Waals surface area contributed by atoms with E-state index in [1.165, 1.54) is 0 Å². The summed E-state index contributed by atoms with van der Waals surface area (Å²) in [4.78, 5) is 18.7. The molecule has 3 rings (SSSR count). The Hall–Kier alpha value is -2.37. The Labute approximate surface area is 148 Å². The zero-order valence-corrected chi connectivity index (χ0v) is 15.4. The first-order valence-electron chi connectivity index (χ1n) is 8.80. The van der Waals surface area contributed by atoms with Gasteiger partial charge in [0.2, 0.25) is 0 Å². The van der Waals surface area contributed by atoms with E-state index >= 15 is 0 Å². The summed E-state index contributed by atoms with van der Waals surface area (Å²) in [5, 5.41) is 4.56. The number of hydrogen-bond donors (Lipinski definition) is 0. The minimum atomic E-state index is -0.460. The molecule has 6 nitrogen and oxygen atoms in total. The van der Waals surface area contributed by atoms with E-state index in [1.54, 1.807) is 4.90 Å². The Bertz CT molecular complexity index is 726. The number of likely N-dealkylation sites (tertiary alicyclic amines) is 1. The second kappa shape index (κ2) is 6.86. The molecule has 1 fully saturated rings. The van der Waals surface area contributed by atoms with Gasteiger partial charge in [0.25, 0.3) is 0 Å². The summed E-state index contributed by atoms with van der Waals surface area (Å²) < 4.78 is 7.40.